The highest BCUT2D eigenvalue weighted by molar-refractivity contribution is 8.06. The second-order valence-corrected chi connectivity index (χ2v) is 7.51. The smallest absolute Gasteiger partial charge is 0.310 e. The maximum atomic E-state index is 11.6. The van der Waals surface area contributed by atoms with E-state index >= 15 is 0 Å². The number of benzene rings is 1. The first-order valence-corrected chi connectivity index (χ1v) is 9.47. The van der Waals surface area contributed by atoms with E-state index < -0.39 is 0 Å². The number of carbonyl (C=O) groups is 2. The monoisotopic (exact) mass is 380 g/mol. The van der Waals surface area contributed by atoms with Gasteiger partial charge in [0.05, 0.1) is 27.1 Å². The van der Waals surface area contributed by atoms with Gasteiger partial charge in [0, 0.05) is 9.79 Å². The summed E-state index contributed by atoms with van der Waals surface area (Å²) in [6.07, 6.45) is 4.33. The van der Waals surface area contributed by atoms with Gasteiger partial charge in [0.2, 0.25) is 0 Å². The third kappa shape index (κ3) is 7.40. The number of aryl methyl sites for hydroxylation is 1. The quantitative estimate of drug-likeness (QED) is 0.461. The lowest BCUT2D eigenvalue weighted by Crippen LogP contribution is -2.01. The highest BCUT2D eigenvalue weighted by atomic mass is 32.2. The number of methoxy groups -OCH3 is 2. The number of ether oxygens (including phenoxy) is 2. The summed E-state index contributed by atoms with van der Waals surface area (Å²) in [7, 11) is 2.78. The van der Waals surface area contributed by atoms with Crippen LogP contribution in [0.4, 0.5) is 0 Å². The predicted octanol–water partition coefficient (Wildman–Crippen LogP) is 5.11. The lowest BCUT2D eigenvalue weighted by atomic mass is 10.2. The summed E-state index contributed by atoms with van der Waals surface area (Å²) >= 11 is 3.09. The van der Waals surface area contributed by atoms with Crippen LogP contribution in [0, 0.1) is 6.92 Å². The Bertz CT molecular complexity index is 678. The largest absolute Gasteiger partial charge is 0.469 e. The lowest BCUT2D eigenvalue weighted by molar-refractivity contribution is -0.140. The Hall–Kier alpha value is -1.66. The SMILES string of the molecule is C/C=C(\CC(=O)OC)Sc1ccc(C)cc1S/C(=C/C)CC(=O)OC. The van der Waals surface area contributed by atoms with Gasteiger partial charge in [0.25, 0.3) is 0 Å². The van der Waals surface area contributed by atoms with Crippen molar-refractivity contribution in [2.75, 3.05) is 14.2 Å². The van der Waals surface area contributed by atoms with Crippen molar-refractivity contribution in [3.63, 3.8) is 0 Å². The molecule has 0 aliphatic heterocycles. The summed E-state index contributed by atoms with van der Waals surface area (Å²) in [4.78, 5) is 27.0. The van der Waals surface area contributed by atoms with Gasteiger partial charge < -0.3 is 9.47 Å². The van der Waals surface area contributed by atoms with E-state index in [2.05, 4.69) is 6.07 Å². The summed E-state index contributed by atoms with van der Waals surface area (Å²) in [6, 6.07) is 6.15. The van der Waals surface area contributed by atoms with Crippen LogP contribution < -0.4 is 0 Å². The van der Waals surface area contributed by atoms with E-state index in [0.29, 0.717) is 0 Å². The van der Waals surface area contributed by atoms with E-state index in [1.165, 1.54) is 14.2 Å². The van der Waals surface area contributed by atoms with Crippen LogP contribution in [-0.2, 0) is 19.1 Å². The first kappa shape index (κ1) is 21.4. The van der Waals surface area contributed by atoms with Gasteiger partial charge in [0.15, 0.2) is 0 Å². The zero-order valence-electron chi connectivity index (χ0n) is 15.3. The third-order valence-corrected chi connectivity index (χ3v) is 5.87. The molecule has 1 aromatic carbocycles. The zero-order chi connectivity index (χ0) is 18.8. The maximum Gasteiger partial charge on any atom is 0.310 e. The molecule has 0 aromatic heterocycles. The molecule has 0 saturated heterocycles. The Morgan fingerprint density at radius 1 is 0.920 bits per heavy atom. The van der Waals surface area contributed by atoms with Crippen LogP contribution in [0.25, 0.3) is 0 Å². The molecule has 6 heteroatoms. The zero-order valence-corrected chi connectivity index (χ0v) is 16.9. The van der Waals surface area contributed by atoms with Gasteiger partial charge in [-0.1, -0.05) is 41.7 Å². The number of hydrogen-bond acceptors (Lipinski definition) is 6. The van der Waals surface area contributed by atoms with Crippen molar-refractivity contribution >= 4 is 35.5 Å². The minimum atomic E-state index is -0.262. The standard InChI is InChI=1S/C19H24O4S2/c1-6-14(11-18(20)22-4)24-16-9-8-13(3)10-17(16)25-15(7-2)12-19(21)23-5/h6-10H,11-12H2,1-5H3/b14-6+,15-7+. The second-order valence-electron chi connectivity index (χ2n) is 5.17. The van der Waals surface area contributed by atoms with Crippen LogP contribution in [0.15, 0.2) is 50.0 Å². The molecule has 0 radical (unpaired) electrons. The van der Waals surface area contributed by atoms with Crippen molar-refractivity contribution in [1.82, 2.24) is 0 Å². The molecule has 0 fully saturated rings. The Kier molecular flexibility index (Phi) is 9.45. The molecule has 1 rings (SSSR count). The Labute approximate surface area is 158 Å². The first-order valence-electron chi connectivity index (χ1n) is 7.83. The highest BCUT2D eigenvalue weighted by Crippen LogP contribution is 2.40. The van der Waals surface area contributed by atoms with Gasteiger partial charge >= 0.3 is 11.9 Å². The summed E-state index contributed by atoms with van der Waals surface area (Å²) in [5, 5.41) is 0. The lowest BCUT2D eigenvalue weighted by Gasteiger charge is -2.13. The van der Waals surface area contributed by atoms with Gasteiger partial charge in [-0.15, -0.1) is 0 Å². The molecule has 136 valence electrons. The van der Waals surface area contributed by atoms with E-state index in [-0.39, 0.29) is 24.8 Å². The van der Waals surface area contributed by atoms with Crippen molar-refractivity contribution in [1.29, 1.82) is 0 Å². The Morgan fingerprint density at radius 3 is 1.84 bits per heavy atom. The number of hydrogen-bond donors (Lipinski definition) is 0. The summed E-state index contributed by atoms with van der Waals surface area (Å²) < 4.78 is 9.50. The molecule has 0 amide bonds. The minimum absolute atomic E-state index is 0.244. The molecule has 0 atom stereocenters. The summed E-state index contributed by atoms with van der Waals surface area (Å²) in [5.41, 5.74) is 1.13. The summed E-state index contributed by atoms with van der Waals surface area (Å²) in [6.45, 7) is 5.84. The molecule has 0 heterocycles. The van der Waals surface area contributed by atoms with Crippen LogP contribution in [0.5, 0.6) is 0 Å². The molecular weight excluding hydrogens is 356 g/mol. The van der Waals surface area contributed by atoms with Crippen molar-refractivity contribution in [3.05, 3.63) is 45.7 Å². The van der Waals surface area contributed by atoms with E-state index in [4.69, 9.17) is 9.47 Å². The molecule has 0 spiro atoms. The molecule has 1 aromatic rings. The van der Waals surface area contributed by atoms with Crippen molar-refractivity contribution in [3.8, 4) is 0 Å². The average Bonchev–Trinajstić information content (AvgIpc) is 2.61. The van der Waals surface area contributed by atoms with Crippen molar-refractivity contribution in [2.24, 2.45) is 0 Å². The topological polar surface area (TPSA) is 52.6 Å². The molecule has 0 saturated carbocycles. The van der Waals surface area contributed by atoms with Crippen LogP contribution >= 0.6 is 23.5 Å². The molecule has 25 heavy (non-hydrogen) atoms. The molecule has 0 aliphatic rings. The van der Waals surface area contributed by atoms with E-state index in [1.54, 1.807) is 23.5 Å². The van der Waals surface area contributed by atoms with Gasteiger partial charge in [-0.05, 0) is 48.3 Å². The van der Waals surface area contributed by atoms with Crippen LogP contribution in [-0.4, -0.2) is 26.2 Å². The Balaban J connectivity index is 3.02. The van der Waals surface area contributed by atoms with Gasteiger partial charge in [-0.25, -0.2) is 0 Å². The first-order chi connectivity index (χ1) is 11.9. The number of thioether (sulfide) groups is 2. The van der Waals surface area contributed by atoms with E-state index in [0.717, 1.165) is 25.2 Å². The number of carbonyl (C=O) groups excluding carboxylic acids is 2. The maximum absolute atomic E-state index is 11.6. The van der Waals surface area contributed by atoms with Crippen LogP contribution in [0.3, 0.4) is 0 Å². The second kappa shape index (κ2) is 11.1. The van der Waals surface area contributed by atoms with Gasteiger partial charge in [0.1, 0.15) is 0 Å². The van der Waals surface area contributed by atoms with Crippen molar-refractivity contribution in [2.45, 2.75) is 43.4 Å². The molecule has 4 nitrogen and oxygen atoms in total. The van der Waals surface area contributed by atoms with E-state index in [9.17, 15) is 9.59 Å². The number of allylic oxidation sites excluding steroid dienone is 2. The van der Waals surface area contributed by atoms with E-state index in [1.807, 2.05) is 45.1 Å². The molecule has 0 unspecified atom stereocenters. The molecular formula is C19H24O4S2. The van der Waals surface area contributed by atoms with Crippen LogP contribution in [0.2, 0.25) is 0 Å². The number of rotatable bonds is 8. The average molecular weight is 381 g/mol. The predicted molar refractivity (Wildman–Crippen MR) is 104 cm³/mol. The third-order valence-electron chi connectivity index (χ3n) is 3.32. The fourth-order valence-corrected chi connectivity index (χ4v) is 4.02. The molecule has 0 N–H and O–H groups in total. The molecule has 0 aliphatic carbocycles. The number of esters is 2. The fourth-order valence-electron chi connectivity index (χ4n) is 1.88. The molecule has 0 bridgehead atoms. The van der Waals surface area contributed by atoms with Gasteiger partial charge in [-0.3, -0.25) is 9.59 Å². The highest BCUT2D eigenvalue weighted by Gasteiger charge is 2.14. The fraction of sp³-hybridized carbons (Fsp3) is 0.368. The van der Waals surface area contributed by atoms with Gasteiger partial charge in [-0.2, -0.15) is 0 Å². The van der Waals surface area contributed by atoms with Crippen molar-refractivity contribution < 1.29 is 19.1 Å². The minimum Gasteiger partial charge on any atom is -0.469 e. The summed E-state index contributed by atoms with van der Waals surface area (Å²) in [5.74, 6) is -0.524. The van der Waals surface area contributed by atoms with Crippen LogP contribution in [0.1, 0.15) is 32.3 Å². The Morgan fingerprint density at radius 2 is 1.40 bits per heavy atom. The normalized spacial score (nSPS) is 12.0.